The second kappa shape index (κ2) is 6.59. The van der Waals surface area contributed by atoms with Crippen molar-refractivity contribution in [1.82, 2.24) is 0 Å². The lowest BCUT2D eigenvalue weighted by atomic mass is 9.92. The van der Waals surface area contributed by atoms with Gasteiger partial charge in [-0.15, -0.1) is 0 Å². The van der Waals surface area contributed by atoms with Crippen molar-refractivity contribution in [2.45, 2.75) is 45.5 Å². The summed E-state index contributed by atoms with van der Waals surface area (Å²) in [4.78, 5) is 36.3. The molecule has 1 atom stereocenters. The van der Waals surface area contributed by atoms with Crippen LogP contribution in [0.15, 0.2) is 35.9 Å². The van der Waals surface area contributed by atoms with Crippen molar-refractivity contribution in [2.24, 2.45) is 5.92 Å². The van der Waals surface area contributed by atoms with E-state index in [1.165, 1.54) is 26.0 Å². The normalized spacial score (nSPS) is 26.7. The molecule has 0 N–H and O–H groups in total. The maximum Gasteiger partial charge on any atom is 0.331 e. The summed E-state index contributed by atoms with van der Waals surface area (Å²) in [6.45, 7) is 8.00. The van der Waals surface area contributed by atoms with Crippen molar-refractivity contribution in [3.63, 3.8) is 0 Å². The zero-order valence-electron chi connectivity index (χ0n) is 13.8. The third-order valence-electron chi connectivity index (χ3n) is 3.67. The van der Waals surface area contributed by atoms with Crippen LogP contribution in [-0.4, -0.2) is 29.6 Å². The Bertz CT molecular complexity index is 638. The van der Waals surface area contributed by atoms with Crippen LogP contribution in [-0.2, 0) is 28.6 Å². The van der Waals surface area contributed by atoms with Gasteiger partial charge < -0.3 is 14.2 Å². The van der Waals surface area contributed by atoms with Gasteiger partial charge in [0.25, 0.3) is 5.79 Å². The fourth-order valence-corrected chi connectivity index (χ4v) is 2.47. The number of rotatable bonds is 3. The van der Waals surface area contributed by atoms with Crippen molar-refractivity contribution < 1.29 is 33.0 Å². The fourth-order valence-electron chi connectivity index (χ4n) is 2.47. The minimum absolute atomic E-state index is 0.134. The Labute approximate surface area is 138 Å². The number of esters is 2. The number of cyclic esters (lactones) is 2. The van der Waals surface area contributed by atoms with Gasteiger partial charge in [-0.05, 0) is 31.4 Å². The van der Waals surface area contributed by atoms with Crippen LogP contribution in [0.3, 0.4) is 0 Å². The molecule has 24 heavy (non-hydrogen) atoms. The van der Waals surface area contributed by atoms with Gasteiger partial charge in [-0.2, -0.15) is 0 Å². The first kappa shape index (κ1) is 17.9. The molecule has 0 spiro atoms. The second-order valence-corrected chi connectivity index (χ2v) is 5.99. The number of ketones is 1. The molecule has 130 valence electrons. The van der Waals surface area contributed by atoms with E-state index < -0.39 is 41.4 Å². The van der Waals surface area contributed by atoms with E-state index in [0.717, 1.165) is 0 Å². The first-order valence-electron chi connectivity index (χ1n) is 7.52. The van der Waals surface area contributed by atoms with Crippen LogP contribution in [0, 0.1) is 5.92 Å². The molecule has 7 heteroatoms. The fraction of sp³-hybridized carbons (Fsp3) is 0.471. The maximum atomic E-state index is 13.3. The lowest BCUT2D eigenvalue weighted by Crippen LogP contribution is -2.51. The van der Waals surface area contributed by atoms with Crippen LogP contribution in [0.2, 0.25) is 0 Å². The molecular formula is C17H19FO6. The summed E-state index contributed by atoms with van der Waals surface area (Å²) in [5.41, 5.74) is 0.518. The Balaban J connectivity index is 2.10. The van der Waals surface area contributed by atoms with E-state index in [9.17, 15) is 18.8 Å². The average Bonchev–Trinajstić information content (AvgIpc) is 2.46. The summed E-state index contributed by atoms with van der Waals surface area (Å²) in [5.74, 6) is -6.05. The molecule has 0 aromatic heterocycles. The number of carbonyl (C=O) groups excluding carboxylic acids is 3. The van der Waals surface area contributed by atoms with Gasteiger partial charge in [0.15, 0.2) is 11.9 Å². The molecule has 0 aromatic carbocycles. The quantitative estimate of drug-likeness (QED) is 0.581. The molecule has 0 saturated carbocycles. The molecular weight excluding hydrogens is 319 g/mol. The molecule has 2 saturated heterocycles. The van der Waals surface area contributed by atoms with E-state index >= 15 is 0 Å². The summed E-state index contributed by atoms with van der Waals surface area (Å²) in [5, 5.41) is 0. The third kappa shape index (κ3) is 3.72. The van der Waals surface area contributed by atoms with Crippen molar-refractivity contribution in [3.8, 4) is 0 Å². The second-order valence-electron chi connectivity index (χ2n) is 5.99. The molecule has 0 bridgehead atoms. The van der Waals surface area contributed by atoms with E-state index in [1.807, 2.05) is 0 Å². The van der Waals surface area contributed by atoms with Crippen molar-refractivity contribution in [2.75, 3.05) is 0 Å². The highest BCUT2D eigenvalue weighted by Crippen LogP contribution is 2.31. The monoisotopic (exact) mass is 338 g/mol. The topological polar surface area (TPSA) is 78.9 Å². The third-order valence-corrected chi connectivity index (χ3v) is 3.67. The Hall–Kier alpha value is -2.44. The number of allylic oxidation sites excluding steroid dienone is 4. The van der Waals surface area contributed by atoms with E-state index in [4.69, 9.17) is 14.2 Å². The molecule has 2 heterocycles. The molecule has 6 nitrogen and oxygen atoms in total. The van der Waals surface area contributed by atoms with Crippen LogP contribution in [0.4, 0.5) is 4.39 Å². The molecule has 0 amide bonds. The van der Waals surface area contributed by atoms with Crippen LogP contribution < -0.4 is 0 Å². The Morgan fingerprint density at radius 1 is 1.29 bits per heavy atom. The SMILES string of the molecule is C=C1OC(C(=O)C2C(=O)OC(C)(C)OC2=O)CCC1=CC(F)=CC. The van der Waals surface area contributed by atoms with E-state index in [0.29, 0.717) is 12.0 Å². The highest BCUT2D eigenvalue weighted by molar-refractivity contribution is 6.17. The predicted molar refractivity (Wildman–Crippen MR) is 81.0 cm³/mol. The number of hydrogen-bond acceptors (Lipinski definition) is 6. The largest absolute Gasteiger partial charge is 0.483 e. The van der Waals surface area contributed by atoms with Crippen molar-refractivity contribution in [3.05, 3.63) is 35.9 Å². The smallest absolute Gasteiger partial charge is 0.331 e. The lowest BCUT2D eigenvalue weighted by molar-refractivity contribution is -0.239. The van der Waals surface area contributed by atoms with E-state index in [2.05, 4.69) is 6.58 Å². The van der Waals surface area contributed by atoms with Crippen molar-refractivity contribution in [1.29, 1.82) is 0 Å². The summed E-state index contributed by atoms with van der Waals surface area (Å²) in [6.07, 6.45) is 2.05. The Kier molecular flexibility index (Phi) is 4.91. The minimum atomic E-state index is -1.67. The molecule has 2 aliphatic heterocycles. The molecule has 1 unspecified atom stereocenters. The van der Waals surface area contributed by atoms with E-state index in [-0.39, 0.29) is 12.2 Å². The van der Waals surface area contributed by atoms with Crippen LogP contribution >= 0.6 is 0 Å². The zero-order chi connectivity index (χ0) is 18.1. The highest BCUT2D eigenvalue weighted by Gasteiger charge is 2.50. The van der Waals surface area contributed by atoms with Gasteiger partial charge in [-0.1, -0.05) is 12.7 Å². The molecule has 0 radical (unpaired) electrons. The standard InChI is InChI=1S/C17H19FO6/c1-5-11(18)8-10-6-7-12(22-9(10)2)14(19)13-15(20)23-17(3,4)24-16(13)21/h5,8,12-13H,2,6-7H2,1,3-4H3. The predicted octanol–water partition coefficient (Wildman–Crippen LogP) is 2.50. The summed E-state index contributed by atoms with van der Waals surface area (Å²) >= 11 is 0. The first-order chi connectivity index (χ1) is 11.1. The Morgan fingerprint density at radius 2 is 1.88 bits per heavy atom. The van der Waals surface area contributed by atoms with Gasteiger partial charge in [-0.3, -0.25) is 14.4 Å². The number of halogens is 1. The van der Waals surface area contributed by atoms with Crippen LogP contribution in [0.5, 0.6) is 0 Å². The zero-order valence-corrected chi connectivity index (χ0v) is 13.8. The Morgan fingerprint density at radius 3 is 2.38 bits per heavy atom. The van der Waals surface area contributed by atoms with Crippen molar-refractivity contribution >= 4 is 17.7 Å². The minimum Gasteiger partial charge on any atom is -0.483 e. The molecule has 2 rings (SSSR count). The van der Waals surface area contributed by atoms with E-state index in [1.54, 1.807) is 6.92 Å². The molecule has 0 aliphatic carbocycles. The van der Waals surface area contributed by atoms with Gasteiger partial charge in [0.1, 0.15) is 11.6 Å². The molecule has 2 aliphatic rings. The van der Waals surface area contributed by atoms with Gasteiger partial charge in [0.2, 0.25) is 5.92 Å². The summed E-state index contributed by atoms with van der Waals surface area (Å²) in [7, 11) is 0. The number of Topliss-reactive ketones (excluding diaryl/α,β-unsaturated/α-hetero) is 1. The van der Waals surface area contributed by atoms with Crippen LogP contribution in [0.25, 0.3) is 0 Å². The lowest BCUT2D eigenvalue weighted by Gasteiger charge is -2.34. The van der Waals surface area contributed by atoms with Gasteiger partial charge in [-0.25, -0.2) is 4.39 Å². The van der Waals surface area contributed by atoms with Gasteiger partial charge in [0.05, 0.1) is 0 Å². The number of hydrogen-bond donors (Lipinski definition) is 0. The molecule has 2 fully saturated rings. The van der Waals surface area contributed by atoms with Gasteiger partial charge in [0, 0.05) is 13.8 Å². The van der Waals surface area contributed by atoms with Gasteiger partial charge >= 0.3 is 11.9 Å². The average molecular weight is 338 g/mol. The maximum absolute atomic E-state index is 13.3. The summed E-state index contributed by atoms with van der Waals surface area (Å²) < 4.78 is 28.6. The number of ether oxygens (including phenoxy) is 3. The highest BCUT2D eigenvalue weighted by atomic mass is 19.1. The number of carbonyl (C=O) groups is 3. The first-order valence-corrected chi connectivity index (χ1v) is 7.52. The summed E-state index contributed by atoms with van der Waals surface area (Å²) in [6, 6.07) is 0. The molecule has 0 aromatic rings. The van der Waals surface area contributed by atoms with Crippen LogP contribution in [0.1, 0.15) is 33.6 Å².